The molecule has 0 heterocycles. The van der Waals surface area contributed by atoms with Crippen LogP contribution in [0.5, 0.6) is 0 Å². The molecular weight excluding hydrogens is 293 g/mol. The Morgan fingerprint density at radius 1 is 1.04 bits per heavy atom. The molecule has 2 aromatic carbocycles. The van der Waals surface area contributed by atoms with Gasteiger partial charge in [0.15, 0.2) is 0 Å². The molecule has 3 nitrogen and oxygen atoms in total. The first-order chi connectivity index (χ1) is 11.0. The average molecular weight is 315 g/mol. The van der Waals surface area contributed by atoms with Crippen molar-refractivity contribution in [2.45, 2.75) is 38.3 Å². The highest BCUT2D eigenvalue weighted by atomic mass is 19.1. The number of aliphatic hydroxyl groups is 1. The molecule has 0 aliphatic carbocycles. The van der Waals surface area contributed by atoms with Crippen LogP contribution in [0.4, 0.5) is 4.39 Å². The van der Waals surface area contributed by atoms with Crippen molar-refractivity contribution in [1.82, 2.24) is 5.32 Å². The van der Waals surface area contributed by atoms with Gasteiger partial charge in [-0.05, 0) is 36.1 Å². The zero-order valence-corrected chi connectivity index (χ0v) is 13.4. The predicted molar refractivity (Wildman–Crippen MR) is 88.4 cm³/mol. The fraction of sp³-hybridized carbons (Fsp3) is 0.316. The molecule has 0 spiro atoms. The molecule has 0 bridgehead atoms. The Kier molecular flexibility index (Phi) is 5.88. The Morgan fingerprint density at radius 3 is 2.26 bits per heavy atom. The first kappa shape index (κ1) is 17.2. The summed E-state index contributed by atoms with van der Waals surface area (Å²) in [6.07, 6.45) is -0.517. The lowest BCUT2D eigenvalue weighted by molar-refractivity contribution is -0.122. The van der Waals surface area contributed by atoms with E-state index in [0.29, 0.717) is 12.0 Å². The second kappa shape index (κ2) is 7.88. The standard InChI is InChI=1S/C19H22FNO2/c1-13(15-6-4-3-5-7-15)12-18(22)21-14(2)19(23)16-8-10-17(20)11-9-16/h3-11,13-14,19,23H,12H2,1-2H3,(H,21,22). The summed E-state index contributed by atoms with van der Waals surface area (Å²) in [4.78, 5) is 12.1. The van der Waals surface area contributed by atoms with Crippen LogP contribution in [0, 0.1) is 5.82 Å². The number of carbonyl (C=O) groups is 1. The summed E-state index contributed by atoms with van der Waals surface area (Å²) in [5.74, 6) is -0.365. The van der Waals surface area contributed by atoms with E-state index in [4.69, 9.17) is 0 Å². The van der Waals surface area contributed by atoms with E-state index in [0.717, 1.165) is 5.56 Å². The van der Waals surface area contributed by atoms with Gasteiger partial charge in [0.25, 0.3) is 0 Å². The maximum Gasteiger partial charge on any atom is 0.220 e. The molecule has 4 heteroatoms. The van der Waals surface area contributed by atoms with E-state index < -0.39 is 12.1 Å². The summed E-state index contributed by atoms with van der Waals surface area (Å²) in [6.45, 7) is 3.73. The van der Waals surface area contributed by atoms with Gasteiger partial charge in [0.05, 0.1) is 12.1 Å². The fourth-order valence-corrected chi connectivity index (χ4v) is 2.52. The van der Waals surface area contributed by atoms with Gasteiger partial charge in [0, 0.05) is 6.42 Å². The summed E-state index contributed by atoms with van der Waals surface area (Å²) >= 11 is 0. The molecule has 0 saturated carbocycles. The van der Waals surface area contributed by atoms with Gasteiger partial charge in [0.1, 0.15) is 5.82 Å². The summed E-state index contributed by atoms with van der Waals surface area (Å²) in [5, 5.41) is 13.1. The average Bonchev–Trinajstić information content (AvgIpc) is 2.55. The van der Waals surface area contributed by atoms with E-state index in [9.17, 15) is 14.3 Å². The number of carbonyl (C=O) groups excluding carboxylic acids is 1. The van der Waals surface area contributed by atoms with Crippen LogP contribution < -0.4 is 5.32 Å². The Hall–Kier alpha value is -2.20. The van der Waals surface area contributed by atoms with Gasteiger partial charge in [-0.2, -0.15) is 0 Å². The smallest absolute Gasteiger partial charge is 0.220 e. The molecule has 2 N–H and O–H groups in total. The van der Waals surface area contributed by atoms with Crippen molar-refractivity contribution in [3.63, 3.8) is 0 Å². The molecule has 0 saturated heterocycles. The fourth-order valence-electron chi connectivity index (χ4n) is 2.52. The zero-order chi connectivity index (χ0) is 16.8. The third-order valence-electron chi connectivity index (χ3n) is 3.93. The number of hydrogen-bond donors (Lipinski definition) is 2. The number of nitrogens with one attached hydrogen (secondary N) is 1. The molecule has 0 aromatic heterocycles. The van der Waals surface area contributed by atoms with Crippen molar-refractivity contribution in [2.75, 3.05) is 0 Å². The van der Waals surface area contributed by atoms with Crippen LogP contribution in [0.2, 0.25) is 0 Å². The van der Waals surface area contributed by atoms with Crippen LogP contribution in [-0.4, -0.2) is 17.1 Å². The highest BCUT2D eigenvalue weighted by Gasteiger charge is 2.19. The molecule has 1 amide bonds. The Balaban J connectivity index is 1.90. The van der Waals surface area contributed by atoms with Crippen LogP contribution in [0.3, 0.4) is 0 Å². The third-order valence-corrected chi connectivity index (χ3v) is 3.93. The van der Waals surface area contributed by atoms with Crippen LogP contribution in [-0.2, 0) is 4.79 Å². The SMILES string of the molecule is CC(CC(=O)NC(C)C(O)c1ccc(F)cc1)c1ccccc1. The number of amides is 1. The minimum atomic E-state index is -0.869. The van der Waals surface area contributed by atoms with Gasteiger partial charge < -0.3 is 10.4 Å². The van der Waals surface area contributed by atoms with Gasteiger partial charge in [-0.15, -0.1) is 0 Å². The summed E-state index contributed by atoms with van der Waals surface area (Å²) < 4.78 is 12.9. The monoisotopic (exact) mass is 315 g/mol. The largest absolute Gasteiger partial charge is 0.386 e. The van der Waals surface area contributed by atoms with Crippen molar-refractivity contribution in [3.05, 3.63) is 71.5 Å². The van der Waals surface area contributed by atoms with Crippen LogP contribution >= 0.6 is 0 Å². The van der Waals surface area contributed by atoms with Crippen molar-refractivity contribution < 1.29 is 14.3 Å². The first-order valence-electron chi connectivity index (χ1n) is 7.75. The summed E-state index contributed by atoms with van der Waals surface area (Å²) in [5.41, 5.74) is 1.68. The van der Waals surface area contributed by atoms with E-state index in [2.05, 4.69) is 5.32 Å². The maximum atomic E-state index is 12.9. The van der Waals surface area contributed by atoms with Crippen molar-refractivity contribution in [2.24, 2.45) is 0 Å². The molecule has 3 unspecified atom stereocenters. The second-order valence-electron chi connectivity index (χ2n) is 5.87. The van der Waals surface area contributed by atoms with E-state index in [1.165, 1.54) is 24.3 Å². The minimum absolute atomic E-state index is 0.103. The molecule has 0 aliphatic rings. The molecule has 122 valence electrons. The molecular formula is C19H22FNO2. The molecule has 0 fully saturated rings. The summed E-state index contributed by atoms with van der Waals surface area (Å²) in [6, 6.07) is 15.0. The van der Waals surface area contributed by atoms with Crippen LogP contribution in [0.25, 0.3) is 0 Å². The lowest BCUT2D eigenvalue weighted by Crippen LogP contribution is -2.37. The Morgan fingerprint density at radius 2 is 1.65 bits per heavy atom. The van der Waals surface area contributed by atoms with Crippen molar-refractivity contribution in [3.8, 4) is 0 Å². The van der Waals surface area contributed by atoms with Gasteiger partial charge in [-0.25, -0.2) is 4.39 Å². The number of halogens is 1. The van der Waals surface area contributed by atoms with Crippen molar-refractivity contribution in [1.29, 1.82) is 0 Å². The molecule has 0 aliphatic heterocycles. The number of hydrogen-bond acceptors (Lipinski definition) is 2. The van der Waals surface area contributed by atoms with E-state index in [-0.39, 0.29) is 17.6 Å². The predicted octanol–water partition coefficient (Wildman–Crippen LogP) is 3.56. The van der Waals surface area contributed by atoms with Crippen LogP contribution in [0.15, 0.2) is 54.6 Å². The number of benzene rings is 2. The van der Waals surface area contributed by atoms with Gasteiger partial charge >= 0.3 is 0 Å². The lowest BCUT2D eigenvalue weighted by Gasteiger charge is -2.21. The van der Waals surface area contributed by atoms with Gasteiger partial charge in [-0.1, -0.05) is 49.4 Å². The molecule has 0 radical (unpaired) electrons. The molecule has 3 atom stereocenters. The summed E-state index contributed by atoms with van der Waals surface area (Å²) in [7, 11) is 0. The van der Waals surface area contributed by atoms with E-state index in [1.807, 2.05) is 37.3 Å². The third kappa shape index (κ3) is 4.89. The van der Waals surface area contributed by atoms with Gasteiger partial charge in [0.2, 0.25) is 5.91 Å². The van der Waals surface area contributed by atoms with Crippen molar-refractivity contribution >= 4 is 5.91 Å². The Bertz CT molecular complexity index is 628. The number of rotatable bonds is 6. The molecule has 2 rings (SSSR count). The minimum Gasteiger partial charge on any atom is -0.386 e. The van der Waals surface area contributed by atoms with E-state index >= 15 is 0 Å². The topological polar surface area (TPSA) is 49.3 Å². The second-order valence-corrected chi connectivity index (χ2v) is 5.87. The van der Waals surface area contributed by atoms with Crippen LogP contribution in [0.1, 0.15) is 43.4 Å². The molecule has 2 aromatic rings. The number of aliphatic hydroxyl groups excluding tert-OH is 1. The first-order valence-corrected chi connectivity index (χ1v) is 7.75. The highest BCUT2D eigenvalue weighted by Crippen LogP contribution is 2.20. The molecule has 23 heavy (non-hydrogen) atoms. The normalized spacial score (nSPS) is 14.8. The van der Waals surface area contributed by atoms with Gasteiger partial charge in [-0.3, -0.25) is 4.79 Å². The zero-order valence-electron chi connectivity index (χ0n) is 13.4. The Labute approximate surface area is 136 Å². The maximum absolute atomic E-state index is 12.9. The quantitative estimate of drug-likeness (QED) is 0.856. The lowest BCUT2D eigenvalue weighted by atomic mass is 9.97. The highest BCUT2D eigenvalue weighted by molar-refractivity contribution is 5.77. The van der Waals surface area contributed by atoms with E-state index in [1.54, 1.807) is 6.92 Å².